The molecule has 1 saturated heterocycles. The summed E-state index contributed by atoms with van der Waals surface area (Å²) in [6, 6.07) is 24.0. The largest absolute Gasteiger partial charge is 0.492 e. The van der Waals surface area contributed by atoms with Gasteiger partial charge in [-0.05, 0) is 73.6 Å². The summed E-state index contributed by atoms with van der Waals surface area (Å²) in [6.07, 6.45) is 4.02. The second-order valence-corrected chi connectivity index (χ2v) is 9.10. The predicted molar refractivity (Wildman–Crippen MR) is 146 cm³/mol. The van der Waals surface area contributed by atoms with Crippen LogP contribution < -0.4 is 9.64 Å². The van der Waals surface area contributed by atoms with Gasteiger partial charge < -0.3 is 14.2 Å². The van der Waals surface area contributed by atoms with Crippen LogP contribution in [0, 0.1) is 13.8 Å². The van der Waals surface area contributed by atoms with Gasteiger partial charge in [0.25, 0.3) is 5.91 Å². The molecule has 4 aromatic rings. The molecular formula is C29H27N3O2S. The van der Waals surface area contributed by atoms with Crippen LogP contribution in [0.3, 0.4) is 0 Å². The number of para-hydroxylation sites is 2. The highest BCUT2D eigenvalue weighted by Crippen LogP contribution is 2.31. The third-order valence-corrected chi connectivity index (χ3v) is 6.92. The first-order valence-electron chi connectivity index (χ1n) is 11.6. The van der Waals surface area contributed by atoms with Crippen molar-refractivity contribution in [3.05, 3.63) is 101 Å². The number of aryl methyl sites for hydroxylation is 2. The average molecular weight is 482 g/mol. The van der Waals surface area contributed by atoms with Gasteiger partial charge >= 0.3 is 0 Å². The Balaban J connectivity index is 1.45. The molecule has 2 heterocycles. The van der Waals surface area contributed by atoms with Crippen molar-refractivity contribution >= 4 is 45.9 Å². The van der Waals surface area contributed by atoms with Gasteiger partial charge in [-0.2, -0.15) is 0 Å². The van der Waals surface area contributed by atoms with E-state index in [2.05, 4.69) is 29.8 Å². The number of aromatic nitrogens is 1. The van der Waals surface area contributed by atoms with E-state index in [1.165, 1.54) is 5.56 Å². The lowest BCUT2D eigenvalue weighted by molar-refractivity contribution is -0.114. The highest BCUT2D eigenvalue weighted by Gasteiger charge is 2.37. The number of thiocarbonyl (C=S) groups is 1. The number of carbonyl (C=O) groups is 1. The number of nitrogens with zero attached hydrogens (tertiary/aromatic N) is 3. The maximum atomic E-state index is 13.5. The Morgan fingerprint density at radius 2 is 1.69 bits per heavy atom. The van der Waals surface area contributed by atoms with E-state index in [0.29, 0.717) is 24.0 Å². The van der Waals surface area contributed by atoms with Crippen LogP contribution in [0.2, 0.25) is 0 Å². The molecule has 1 amide bonds. The molecule has 0 radical (unpaired) electrons. The van der Waals surface area contributed by atoms with Crippen LogP contribution in [0.15, 0.2) is 84.7 Å². The number of rotatable bonds is 6. The second-order valence-electron chi connectivity index (χ2n) is 8.74. The Morgan fingerprint density at radius 1 is 0.943 bits per heavy atom. The molecule has 1 aliphatic heterocycles. The fraction of sp³-hybridized carbons (Fsp3) is 0.172. The van der Waals surface area contributed by atoms with Gasteiger partial charge in [0.2, 0.25) is 0 Å². The number of hydrogen-bond acceptors (Lipinski definition) is 3. The Morgan fingerprint density at radius 3 is 2.46 bits per heavy atom. The first-order chi connectivity index (χ1) is 16.9. The minimum absolute atomic E-state index is 0.120. The van der Waals surface area contributed by atoms with E-state index in [4.69, 9.17) is 17.0 Å². The monoisotopic (exact) mass is 481 g/mol. The molecule has 0 bridgehead atoms. The number of fused-ring (bicyclic) bond motifs is 1. The summed E-state index contributed by atoms with van der Waals surface area (Å²) in [6.45, 7) is 5.33. The Kier molecular flexibility index (Phi) is 6.14. The lowest BCUT2D eigenvalue weighted by atomic mass is 10.1. The van der Waals surface area contributed by atoms with Crippen LogP contribution in [0.4, 0.5) is 5.69 Å². The molecule has 0 atom stereocenters. The number of anilines is 1. The van der Waals surface area contributed by atoms with E-state index in [1.807, 2.05) is 80.7 Å². The summed E-state index contributed by atoms with van der Waals surface area (Å²) in [7, 11) is 1.85. The molecule has 35 heavy (non-hydrogen) atoms. The van der Waals surface area contributed by atoms with Gasteiger partial charge in [0.05, 0.1) is 12.2 Å². The van der Waals surface area contributed by atoms with Crippen molar-refractivity contribution in [1.29, 1.82) is 0 Å². The van der Waals surface area contributed by atoms with E-state index < -0.39 is 0 Å². The SMILES string of the molecule is Cc1ccc(N2C(=O)/C(=C/c3cn(CCOc4ccccc4)c4ccccc34)N(C)C2=S)cc1C. The first kappa shape index (κ1) is 22.9. The lowest BCUT2D eigenvalue weighted by Gasteiger charge is -2.17. The summed E-state index contributed by atoms with van der Waals surface area (Å²) in [5.41, 5.74) is 5.71. The normalized spacial score (nSPS) is 15.0. The Labute approximate surface area is 210 Å². The maximum absolute atomic E-state index is 13.5. The quantitative estimate of drug-likeness (QED) is 0.252. The summed E-state index contributed by atoms with van der Waals surface area (Å²) in [5, 5.41) is 1.56. The molecule has 1 fully saturated rings. The highest BCUT2D eigenvalue weighted by molar-refractivity contribution is 7.80. The minimum atomic E-state index is -0.120. The molecule has 1 aliphatic rings. The Hall–Kier alpha value is -3.90. The van der Waals surface area contributed by atoms with Gasteiger partial charge in [-0.1, -0.05) is 42.5 Å². The second kappa shape index (κ2) is 9.39. The zero-order valence-corrected chi connectivity index (χ0v) is 20.9. The number of benzene rings is 3. The third kappa shape index (κ3) is 4.33. The van der Waals surface area contributed by atoms with Gasteiger partial charge in [0, 0.05) is 29.7 Å². The van der Waals surface area contributed by atoms with Crippen LogP contribution in [-0.4, -0.2) is 34.1 Å². The lowest BCUT2D eigenvalue weighted by Crippen LogP contribution is -2.31. The van der Waals surface area contributed by atoms with E-state index in [1.54, 1.807) is 9.80 Å². The van der Waals surface area contributed by atoms with Crippen LogP contribution in [0.5, 0.6) is 5.75 Å². The van der Waals surface area contributed by atoms with E-state index in [0.717, 1.165) is 33.5 Å². The van der Waals surface area contributed by atoms with Gasteiger partial charge in [-0.3, -0.25) is 9.69 Å². The number of ether oxygens (including phenoxy) is 1. The molecule has 1 aromatic heterocycles. The van der Waals surface area contributed by atoms with Crippen molar-refractivity contribution in [2.75, 3.05) is 18.6 Å². The molecule has 6 heteroatoms. The van der Waals surface area contributed by atoms with Crippen LogP contribution in [0.25, 0.3) is 17.0 Å². The van der Waals surface area contributed by atoms with Crippen LogP contribution in [0.1, 0.15) is 16.7 Å². The molecule has 3 aromatic carbocycles. The summed E-state index contributed by atoms with van der Waals surface area (Å²) in [5.74, 6) is 0.731. The maximum Gasteiger partial charge on any atom is 0.281 e. The molecule has 5 nitrogen and oxygen atoms in total. The zero-order valence-electron chi connectivity index (χ0n) is 20.1. The molecular weight excluding hydrogens is 454 g/mol. The molecule has 176 valence electrons. The van der Waals surface area contributed by atoms with Crippen molar-refractivity contribution in [2.45, 2.75) is 20.4 Å². The molecule has 0 N–H and O–H groups in total. The van der Waals surface area contributed by atoms with Gasteiger partial charge in [0.15, 0.2) is 5.11 Å². The molecule has 0 aliphatic carbocycles. The third-order valence-electron chi connectivity index (χ3n) is 6.47. The van der Waals surface area contributed by atoms with Crippen LogP contribution >= 0.6 is 12.2 Å². The summed E-state index contributed by atoms with van der Waals surface area (Å²) >= 11 is 5.66. The molecule has 0 unspecified atom stereocenters. The van der Waals surface area contributed by atoms with Gasteiger partial charge in [-0.15, -0.1) is 0 Å². The predicted octanol–water partition coefficient (Wildman–Crippen LogP) is 5.94. The van der Waals surface area contributed by atoms with Crippen molar-refractivity contribution in [2.24, 2.45) is 0 Å². The minimum Gasteiger partial charge on any atom is -0.492 e. The topological polar surface area (TPSA) is 37.7 Å². The van der Waals surface area contributed by atoms with Crippen molar-refractivity contribution in [3.63, 3.8) is 0 Å². The average Bonchev–Trinajstić information content (AvgIpc) is 3.32. The summed E-state index contributed by atoms with van der Waals surface area (Å²) < 4.78 is 8.08. The Bertz CT molecular complexity index is 1460. The van der Waals surface area contributed by atoms with Crippen LogP contribution in [-0.2, 0) is 11.3 Å². The smallest absolute Gasteiger partial charge is 0.281 e. The molecule has 0 spiro atoms. The van der Waals surface area contributed by atoms with Gasteiger partial charge in [0.1, 0.15) is 18.1 Å². The number of carbonyl (C=O) groups excluding carboxylic acids is 1. The molecule has 5 rings (SSSR count). The number of likely N-dealkylation sites (N-methyl/N-ethyl adjacent to an activating group) is 1. The highest BCUT2D eigenvalue weighted by atomic mass is 32.1. The van der Waals surface area contributed by atoms with E-state index >= 15 is 0 Å². The fourth-order valence-electron chi connectivity index (χ4n) is 4.35. The van der Waals surface area contributed by atoms with Crippen molar-refractivity contribution in [1.82, 2.24) is 9.47 Å². The number of hydrogen-bond donors (Lipinski definition) is 0. The van der Waals surface area contributed by atoms with E-state index in [-0.39, 0.29) is 5.91 Å². The standard InChI is InChI=1S/C29H27N3O2S/c1-20-13-14-23(17-21(20)2)32-28(33)27(30(3)29(32)35)18-22-19-31(26-12-8-7-11-25(22)26)15-16-34-24-9-5-4-6-10-24/h4-14,17-19H,15-16H2,1-3H3/b27-18-. The van der Waals surface area contributed by atoms with Crippen molar-refractivity contribution in [3.8, 4) is 5.75 Å². The summed E-state index contributed by atoms with van der Waals surface area (Å²) in [4.78, 5) is 16.9. The van der Waals surface area contributed by atoms with E-state index in [9.17, 15) is 4.79 Å². The van der Waals surface area contributed by atoms with Gasteiger partial charge in [-0.25, -0.2) is 0 Å². The zero-order chi connectivity index (χ0) is 24.5. The number of amides is 1. The molecule has 0 saturated carbocycles. The van der Waals surface area contributed by atoms with Crippen molar-refractivity contribution < 1.29 is 9.53 Å². The first-order valence-corrected chi connectivity index (χ1v) is 12.0. The fourth-order valence-corrected chi connectivity index (χ4v) is 4.64.